The van der Waals surface area contributed by atoms with Crippen LogP contribution in [0.4, 0.5) is 0 Å². The molecule has 4 heteroatoms. The molecule has 0 spiro atoms. The van der Waals surface area contributed by atoms with Crippen LogP contribution < -0.4 is 4.74 Å². The maximum absolute atomic E-state index is 10.8. The van der Waals surface area contributed by atoms with E-state index in [1.165, 1.54) is 0 Å². The van der Waals surface area contributed by atoms with Crippen LogP contribution in [-0.2, 0) is 11.3 Å². The van der Waals surface area contributed by atoms with Crippen molar-refractivity contribution in [3.63, 3.8) is 0 Å². The Kier molecular flexibility index (Phi) is 4.67. The Morgan fingerprint density at radius 2 is 1.48 bits per heavy atom. The number of benzene rings is 4. The molecule has 4 aromatic rings. The van der Waals surface area contributed by atoms with E-state index in [2.05, 4.69) is 0 Å². The molecule has 27 heavy (non-hydrogen) atoms. The van der Waals surface area contributed by atoms with Gasteiger partial charge in [-0.05, 0) is 33.7 Å². The summed E-state index contributed by atoms with van der Waals surface area (Å²) in [4.78, 5) is 0. The summed E-state index contributed by atoms with van der Waals surface area (Å²) in [5.74, 6) is 0.681. The molecule has 0 unspecified atom stereocenters. The number of aliphatic hydroxyl groups is 1. The first-order valence-electron chi connectivity index (χ1n) is 8.73. The van der Waals surface area contributed by atoms with Crippen molar-refractivity contribution >= 4 is 21.5 Å². The lowest BCUT2D eigenvalue weighted by atomic mass is 9.90. The SMILES string of the molecule is COCOc1c(CO)cc2ccccc2c1-c1c(O)ccc2ccccc12. The molecule has 0 saturated carbocycles. The minimum absolute atomic E-state index is 0.0455. The predicted molar refractivity (Wildman–Crippen MR) is 107 cm³/mol. The van der Waals surface area contributed by atoms with Gasteiger partial charge in [0.2, 0.25) is 0 Å². The van der Waals surface area contributed by atoms with E-state index in [1.54, 1.807) is 13.2 Å². The van der Waals surface area contributed by atoms with E-state index >= 15 is 0 Å². The Morgan fingerprint density at radius 1 is 0.815 bits per heavy atom. The summed E-state index contributed by atoms with van der Waals surface area (Å²) in [6, 6.07) is 21.3. The van der Waals surface area contributed by atoms with Gasteiger partial charge in [-0.3, -0.25) is 0 Å². The first-order valence-corrected chi connectivity index (χ1v) is 8.73. The fraction of sp³-hybridized carbons (Fsp3) is 0.130. The molecule has 0 saturated heterocycles. The van der Waals surface area contributed by atoms with Gasteiger partial charge in [0.15, 0.2) is 6.79 Å². The second kappa shape index (κ2) is 7.27. The maximum Gasteiger partial charge on any atom is 0.188 e. The third-order valence-corrected chi connectivity index (χ3v) is 4.73. The molecule has 0 heterocycles. The van der Waals surface area contributed by atoms with Gasteiger partial charge in [-0.25, -0.2) is 0 Å². The topological polar surface area (TPSA) is 58.9 Å². The molecule has 0 aromatic heterocycles. The number of methoxy groups -OCH3 is 1. The van der Waals surface area contributed by atoms with Crippen molar-refractivity contribution in [2.45, 2.75) is 6.61 Å². The van der Waals surface area contributed by atoms with Crippen LogP contribution in [0, 0.1) is 0 Å². The molecule has 0 fully saturated rings. The summed E-state index contributed by atoms with van der Waals surface area (Å²) in [5.41, 5.74) is 2.09. The van der Waals surface area contributed by atoms with Gasteiger partial charge in [0, 0.05) is 23.8 Å². The van der Waals surface area contributed by atoms with Gasteiger partial charge < -0.3 is 19.7 Å². The molecule has 0 aliphatic carbocycles. The number of aromatic hydroxyl groups is 1. The average molecular weight is 360 g/mol. The van der Waals surface area contributed by atoms with E-state index in [4.69, 9.17) is 9.47 Å². The molecule has 136 valence electrons. The summed E-state index contributed by atoms with van der Waals surface area (Å²) in [6.07, 6.45) is 0. The van der Waals surface area contributed by atoms with Crippen molar-refractivity contribution in [2.75, 3.05) is 13.9 Å². The Balaban J connectivity index is 2.16. The lowest BCUT2D eigenvalue weighted by Crippen LogP contribution is -2.04. The van der Waals surface area contributed by atoms with Crippen LogP contribution in [0.2, 0.25) is 0 Å². The standard InChI is InChI=1S/C23H20O4/c1-26-14-27-23-17(13-24)12-16-7-3-5-9-19(16)22(23)21-18-8-4-2-6-15(18)10-11-20(21)25/h2-12,24-25H,13-14H2,1H3. The van der Waals surface area contributed by atoms with Crippen LogP contribution in [0.15, 0.2) is 66.7 Å². The molecule has 0 atom stereocenters. The van der Waals surface area contributed by atoms with Gasteiger partial charge in [-0.2, -0.15) is 0 Å². The third-order valence-electron chi connectivity index (χ3n) is 4.73. The first-order chi connectivity index (χ1) is 13.2. The van der Waals surface area contributed by atoms with Crippen molar-refractivity contribution in [2.24, 2.45) is 0 Å². The molecule has 0 radical (unpaired) electrons. The number of phenolic OH excluding ortho intramolecular Hbond substituents is 1. The summed E-state index contributed by atoms with van der Waals surface area (Å²) >= 11 is 0. The largest absolute Gasteiger partial charge is 0.507 e. The van der Waals surface area contributed by atoms with Crippen molar-refractivity contribution in [3.05, 3.63) is 72.3 Å². The van der Waals surface area contributed by atoms with Gasteiger partial charge in [0.25, 0.3) is 0 Å². The highest BCUT2D eigenvalue weighted by Crippen LogP contribution is 2.46. The van der Waals surface area contributed by atoms with Gasteiger partial charge >= 0.3 is 0 Å². The first kappa shape index (κ1) is 17.3. The summed E-state index contributed by atoms with van der Waals surface area (Å²) in [5, 5.41) is 24.6. The van der Waals surface area contributed by atoms with Crippen molar-refractivity contribution < 1.29 is 19.7 Å². The lowest BCUT2D eigenvalue weighted by molar-refractivity contribution is 0.0500. The highest BCUT2D eigenvalue weighted by atomic mass is 16.7. The molecule has 2 N–H and O–H groups in total. The molecule has 0 aliphatic rings. The monoisotopic (exact) mass is 360 g/mol. The highest BCUT2D eigenvalue weighted by molar-refractivity contribution is 6.10. The van der Waals surface area contributed by atoms with E-state index < -0.39 is 0 Å². The van der Waals surface area contributed by atoms with Crippen molar-refractivity contribution in [3.8, 4) is 22.6 Å². The maximum atomic E-state index is 10.8. The molecule has 0 bridgehead atoms. The van der Waals surface area contributed by atoms with Crippen LogP contribution in [0.5, 0.6) is 11.5 Å². The molecule has 0 aliphatic heterocycles. The smallest absolute Gasteiger partial charge is 0.188 e. The van der Waals surface area contributed by atoms with Gasteiger partial charge in [-0.15, -0.1) is 0 Å². The number of phenols is 1. The van der Waals surface area contributed by atoms with E-state index in [-0.39, 0.29) is 19.1 Å². The van der Waals surface area contributed by atoms with E-state index in [9.17, 15) is 10.2 Å². The minimum atomic E-state index is -0.178. The summed E-state index contributed by atoms with van der Waals surface area (Å²) in [7, 11) is 1.55. The minimum Gasteiger partial charge on any atom is -0.507 e. The van der Waals surface area contributed by atoms with Crippen LogP contribution in [0.1, 0.15) is 5.56 Å². The molecule has 4 nitrogen and oxygen atoms in total. The zero-order valence-corrected chi connectivity index (χ0v) is 15.0. The van der Waals surface area contributed by atoms with E-state index in [1.807, 2.05) is 60.7 Å². The molecular weight excluding hydrogens is 340 g/mol. The second-order valence-corrected chi connectivity index (χ2v) is 6.35. The number of hydrogen-bond acceptors (Lipinski definition) is 4. The van der Waals surface area contributed by atoms with Crippen molar-refractivity contribution in [1.82, 2.24) is 0 Å². The van der Waals surface area contributed by atoms with Gasteiger partial charge in [0.05, 0.1) is 6.61 Å². The molecule has 4 rings (SSSR count). The predicted octanol–water partition coefficient (Wildman–Crippen LogP) is 4.84. The fourth-order valence-electron chi connectivity index (χ4n) is 3.56. The molecule has 0 amide bonds. The number of aliphatic hydroxyl groups excluding tert-OH is 1. The van der Waals surface area contributed by atoms with Crippen LogP contribution in [-0.4, -0.2) is 24.1 Å². The van der Waals surface area contributed by atoms with E-state index in [0.29, 0.717) is 16.9 Å². The second-order valence-electron chi connectivity index (χ2n) is 6.35. The Morgan fingerprint density at radius 3 is 2.19 bits per heavy atom. The number of hydrogen-bond donors (Lipinski definition) is 2. The van der Waals surface area contributed by atoms with Gasteiger partial charge in [-0.1, -0.05) is 54.6 Å². The van der Waals surface area contributed by atoms with Crippen molar-refractivity contribution in [1.29, 1.82) is 0 Å². The Hall–Kier alpha value is -3.08. The fourth-order valence-corrected chi connectivity index (χ4v) is 3.56. The normalized spacial score (nSPS) is 11.2. The quantitative estimate of drug-likeness (QED) is 0.500. The van der Waals surface area contributed by atoms with E-state index in [0.717, 1.165) is 27.1 Å². The van der Waals surface area contributed by atoms with Gasteiger partial charge in [0.1, 0.15) is 11.5 Å². The zero-order valence-electron chi connectivity index (χ0n) is 15.0. The average Bonchev–Trinajstić information content (AvgIpc) is 2.71. The number of fused-ring (bicyclic) bond motifs is 2. The summed E-state index contributed by atoms with van der Waals surface area (Å²) < 4.78 is 11.0. The van der Waals surface area contributed by atoms with Crippen LogP contribution >= 0.6 is 0 Å². The summed E-state index contributed by atoms with van der Waals surface area (Å²) in [6.45, 7) is -0.133. The third kappa shape index (κ3) is 2.99. The Bertz CT molecular complexity index is 1120. The zero-order chi connectivity index (χ0) is 18.8. The number of ether oxygens (including phenoxy) is 2. The van der Waals surface area contributed by atoms with Crippen LogP contribution in [0.3, 0.4) is 0 Å². The lowest BCUT2D eigenvalue weighted by Gasteiger charge is -2.19. The molecular formula is C23H20O4. The Labute approximate surface area is 157 Å². The van der Waals surface area contributed by atoms with Crippen LogP contribution in [0.25, 0.3) is 32.7 Å². The molecule has 4 aromatic carbocycles. The number of rotatable bonds is 5. The highest BCUT2D eigenvalue weighted by Gasteiger charge is 2.20.